The second-order valence-corrected chi connectivity index (χ2v) is 6.89. The summed E-state index contributed by atoms with van der Waals surface area (Å²) in [5.74, 6) is 0. The molecular weight excluding hydrogens is 370 g/mol. The van der Waals surface area contributed by atoms with Gasteiger partial charge in [0.15, 0.2) is 0 Å². The Kier molecular flexibility index (Phi) is 6.08. The minimum Gasteiger partial charge on any atom is -0.368 e. The fraction of sp³-hybridized carbons (Fsp3) is 0.444. The summed E-state index contributed by atoms with van der Waals surface area (Å²) in [4.78, 5) is 27.5. The zero-order valence-electron chi connectivity index (χ0n) is 15.2. The second kappa shape index (κ2) is 8.49. The van der Waals surface area contributed by atoms with Crippen molar-refractivity contribution in [2.24, 2.45) is 0 Å². The van der Waals surface area contributed by atoms with Crippen LogP contribution in [0.1, 0.15) is 19.8 Å². The van der Waals surface area contributed by atoms with Gasteiger partial charge in [-0.2, -0.15) is 9.78 Å². The zero-order chi connectivity index (χ0) is 19.4. The molecule has 1 saturated heterocycles. The van der Waals surface area contributed by atoms with E-state index in [9.17, 15) is 14.9 Å². The average Bonchev–Trinajstić information content (AvgIpc) is 2.90. The largest absolute Gasteiger partial charge is 0.368 e. The Labute approximate surface area is 162 Å². The highest BCUT2D eigenvalue weighted by molar-refractivity contribution is 6.33. The molecule has 0 unspecified atom stereocenters. The van der Waals surface area contributed by atoms with Gasteiger partial charge in [0.05, 0.1) is 22.5 Å². The molecule has 0 atom stereocenters. The van der Waals surface area contributed by atoms with Crippen LogP contribution in [0.15, 0.2) is 35.3 Å². The number of nitrogens with zero attached hydrogens (tertiary/aromatic N) is 5. The van der Waals surface area contributed by atoms with Crippen molar-refractivity contribution in [3.63, 3.8) is 0 Å². The van der Waals surface area contributed by atoms with Gasteiger partial charge in [-0.25, -0.2) is 0 Å². The van der Waals surface area contributed by atoms with E-state index in [1.165, 1.54) is 24.3 Å². The van der Waals surface area contributed by atoms with Gasteiger partial charge in [0.25, 0.3) is 11.2 Å². The molecule has 0 spiro atoms. The van der Waals surface area contributed by atoms with Crippen LogP contribution >= 0.6 is 11.6 Å². The van der Waals surface area contributed by atoms with E-state index in [0.717, 1.165) is 50.2 Å². The normalized spacial score (nSPS) is 15.6. The molecule has 1 aliphatic heterocycles. The lowest BCUT2D eigenvalue weighted by Gasteiger charge is -2.24. The Hall–Kier alpha value is -2.45. The molecule has 1 aliphatic rings. The van der Waals surface area contributed by atoms with Gasteiger partial charge in [-0.1, -0.05) is 18.5 Å². The van der Waals surface area contributed by atoms with Gasteiger partial charge in [0.2, 0.25) is 0 Å². The molecule has 0 bridgehead atoms. The highest BCUT2D eigenvalue weighted by Gasteiger charge is 2.20. The first-order chi connectivity index (χ1) is 13.0. The molecule has 3 rings (SSSR count). The molecular formula is C18H22ClN5O3. The van der Waals surface area contributed by atoms with Crippen LogP contribution in [0.4, 0.5) is 11.4 Å². The first-order valence-electron chi connectivity index (χ1n) is 9.01. The molecule has 1 fully saturated rings. The third kappa shape index (κ3) is 4.28. The van der Waals surface area contributed by atoms with Gasteiger partial charge in [0, 0.05) is 31.8 Å². The van der Waals surface area contributed by atoms with E-state index in [1.54, 1.807) is 6.20 Å². The number of non-ortho nitro benzene ring substituents is 1. The van der Waals surface area contributed by atoms with Crippen molar-refractivity contribution in [2.45, 2.75) is 19.8 Å². The first kappa shape index (κ1) is 19.3. The number of aromatic nitrogens is 2. The smallest absolute Gasteiger partial charge is 0.292 e. The van der Waals surface area contributed by atoms with Gasteiger partial charge in [0.1, 0.15) is 5.02 Å². The van der Waals surface area contributed by atoms with Crippen molar-refractivity contribution in [3.05, 3.63) is 56.0 Å². The number of rotatable bonds is 5. The lowest BCUT2D eigenvalue weighted by Crippen LogP contribution is -2.33. The van der Waals surface area contributed by atoms with E-state index < -0.39 is 10.5 Å². The van der Waals surface area contributed by atoms with Crippen LogP contribution in [0.5, 0.6) is 0 Å². The number of benzene rings is 1. The van der Waals surface area contributed by atoms with Crippen molar-refractivity contribution in [1.82, 2.24) is 14.7 Å². The molecule has 0 N–H and O–H groups in total. The fourth-order valence-electron chi connectivity index (χ4n) is 3.30. The molecule has 8 nitrogen and oxygen atoms in total. The quantitative estimate of drug-likeness (QED) is 0.575. The summed E-state index contributed by atoms with van der Waals surface area (Å²) < 4.78 is 1.16. The van der Waals surface area contributed by atoms with Crippen LogP contribution in [0.2, 0.25) is 5.02 Å². The maximum absolute atomic E-state index is 12.7. The van der Waals surface area contributed by atoms with E-state index in [4.69, 9.17) is 11.6 Å². The van der Waals surface area contributed by atoms with Crippen LogP contribution in [-0.2, 0) is 0 Å². The van der Waals surface area contributed by atoms with Crippen LogP contribution in [0.3, 0.4) is 0 Å². The first-order valence-corrected chi connectivity index (χ1v) is 9.39. The van der Waals surface area contributed by atoms with Crippen LogP contribution in [0, 0.1) is 10.1 Å². The standard InChI is InChI=1S/C18H22ClN5O3/c1-2-8-21-9-3-10-22(12-11-21)16-13-20-23(18(25)17(16)19)14-4-6-15(7-5-14)24(26)27/h4-7,13H,2-3,8-12H2,1H3. The van der Waals surface area contributed by atoms with Gasteiger partial charge < -0.3 is 9.80 Å². The molecule has 0 aliphatic carbocycles. The molecule has 144 valence electrons. The van der Waals surface area contributed by atoms with Crippen molar-refractivity contribution >= 4 is 23.0 Å². The van der Waals surface area contributed by atoms with E-state index in [0.29, 0.717) is 11.4 Å². The van der Waals surface area contributed by atoms with Gasteiger partial charge in [-0.3, -0.25) is 14.9 Å². The molecule has 2 heterocycles. The number of nitro benzene ring substituents is 1. The van der Waals surface area contributed by atoms with Gasteiger partial charge in [-0.15, -0.1) is 0 Å². The van der Waals surface area contributed by atoms with Crippen molar-refractivity contribution in [2.75, 3.05) is 37.6 Å². The number of nitro groups is 1. The number of hydrogen-bond acceptors (Lipinski definition) is 6. The molecule has 0 amide bonds. The summed E-state index contributed by atoms with van der Waals surface area (Å²) >= 11 is 6.38. The van der Waals surface area contributed by atoms with Crippen molar-refractivity contribution in [1.29, 1.82) is 0 Å². The lowest BCUT2D eigenvalue weighted by molar-refractivity contribution is -0.384. The molecule has 0 radical (unpaired) electrons. The average molecular weight is 392 g/mol. The Morgan fingerprint density at radius 2 is 1.93 bits per heavy atom. The van der Waals surface area contributed by atoms with Crippen molar-refractivity contribution < 1.29 is 4.92 Å². The summed E-state index contributed by atoms with van der Waals surface area (Å²) in [6.07, 6.45) is 3.72. The number of anilines is 1. The number of hydrogen-bond donors (Lipinski definition) is 0. The van der Waals surface area contributed by atoms with Crippen molar-refractivity contribution in [3.8, 4) is 5.69 Å². The zero-order valence-corrected chi connectivity index (χ0v) is 15.9. The summed E-state index contributed by atoms with van der Waals surface area (Å²) in [7, 11) is 0. The maximum atomic E-state index is 12.7. The summed E-state index contributed by atoms with van der Waals surface area (Å²) in [6, 6.07) is 5.64. The van der Waals surface area contributed by atoms with Gasteiger partial charge in [-0.05, 0) is 38.1 Å². The van der Waals surface area contributed by atoms with E-state index in [2.05, 4.69) is 21.8 Å². The van der Waals surface area contributed by atoms with E-state index in [-0.39, 0.29) is 10.7 Å². The summed E-state index contributed by atoms with van der Waals surface area (Å²) in [5, 5.41) is 15.1. The predicted molar refractivity (Wildman–Crippen MR) is 105 cm³/mol. The van der Waals surface area contributed by atoms with Crippen LogP contribution < -0.4 is 10.5 Å². The molecule has 0 saturated carbocycles. The minimum absolute atomic E-state index is 0.0456. The molecule has 1 aromatic carbocycles. The predicted octanol–water partition coefficient (Wildman–Crippen LogP) is 2.72. The molecule has 2 aromatic rings. The highest BCUT2D eigenvalue weighted by Crippen LogP contribution is 2.23. The Bertz CT molecular complexity index is 868. The Morgan fingerprint density at radius 3 is 2.59 bits per heavy atom. The minimum atomic E-state index is -0.489. The lowest BCUT2D eigenvalue weighted by atomic mass is 10.3. The third-order valence-corrected chi connectivity index (χ3v) is 5.03. The van der Waals surface area contributed by atoms with E-state index in [1.807, 2.05) is 0 Å². The Morgan fingerprint density at radius 1 is 1.19 bits per heavy atom. The third-order valence-electron chi connectivity index (χ3n) is 4.67. The van der Waals surface area contributed by atoms with Crippen LogP contribution in [0.25, 0.3) is 5.69 Å². The SMILES string of the molecule is CCCN1CCCN(c2cnn(-c3ccc([N+](=O)[O-])cc3)c(=O)c2Cl)CC1. The second-order valence-electron chi connectivity index (χ2n) is 6.52. The van der Waals surface area contributed by atoms with E-state index >= 15 is 0 Å². The summed E-state index contributed by atoms with van der Waals surface area (Å²) in [5.41, 5.74) is 0.593. The monoisotopic (exact) mass is 391 g/mol. The van der Waals surface area contributed by atoms with Gasteiger partial charge >= 0.3 is 0 Å². The Balaban J connectivity index is 1.85. The number of halogens is 1. The maximum Gasteiger partial charge on any atom is 0.292 e. The fourth-order valence-corrected chi connectivity index (χ4v) is 3.54. The molecule has 9 heteroatoms. The topological polar surface area (TPSA) is 84.5 Å². The summed E-state index contributed by atoms with van der Waals surface area (Å²) in [6.45, 7) is 6.82. The highest BCUT2D eigenvalue weighted by atomic mass is 35.5. The molecule has 1 aromatic heterocycles. The van der Waals surface area contributed by atoms with Crippen LogP contribution in [-0.4, -0.2) is 52.3 Å². The molecule has 27 heavy (non-hydrogen) atoms.